The first-order chi connectivity index (χ1) is 13.1. The van der Waals surface area contributed by atoms with Gasteiger partial charge < -0.3 is 19.7 Å². The third-order valence-electron chi connectivity index (χ3n) is 5.23. The molecule has 0 spiro atoms. The number of hydrogen-bond donors (Lipinski definition) is 2. The van der Waals surface area contributed by atoms with Crippen molar-refractivity contribution in [3.05, 3.63) is 54.6 Å². The molecule has 1 saturated carbocycles. The molecule has 1 aromatic carbocycles. The van der Waals surface area contributed by atoms with Crippen LogP contribution in [0.2, 0.25) is 0 Å². The highest BCUT2D eigenvalue weighted by Gasteiger charge is 2.39. The van der Waals surface area contributed by atoms with Crippen molar-refractivity contribution in [2.75, 3.05) is 6.61 Å². The lowest BCUT2D eigenvalue weighted by atomic mass is 9.89. The van der Waals surface area contributed by atoms with Crippen molar-refractivity contribution in [2.45, 2.75) is 50.4 Å². The van der Waals surface area contributed by atoms with Gasteiger partial charge in [-0.05, 0) is 43.4 Å². The molecule has 5 nitrogen and oxygen atoms in total. The van der Waals surface area contributed by atoms with Crippen LogP contribution in [-0.4, -0.2) is 41.1 Å². The van der Waals surface area contributed by atoms with Gasteiger partial charge in [0.05, 0.1) is 12.2 Å². The molecule has 1 aliphatic heterocycles. The zero-order valence-electron chi connectivity index (χ0n) is 15.4. The number of carbonyl (C=O) groups excluding carboxylic acids is 1. The molecule has 5 heteroatoms. The molecule has 2 aliphatic rings. The molecule has 1 heterocycles. The van der Waals surface area contributed by atoms with E-state index < -0.39 is 18.3 Å². The van der Waals surface area contributed by atoms with Crippen LogP contribution in [0.1, 0.15) is 32.1 Å². The zero-order valence-corrected chi connectivity index (χ0v) is 15.4. The highest BCUT2D eigenvalue weighted by Crippen LogP contribution is 2.36. The van der Waals surface area contributed by atoms with E-state index >= 15 is 0 Å². The van der Waals surface area contributed by atoms with Gasteiger partial charge in [-0.1, -0.05) is 36.4 Å². The summed E-state index contributed by atoms with van der Waals surface area (Å²) in [5, 5.41) is 20.6. The Labute approximate surface area is 160 Å². The van der Waals surface area contributed by atoms with Crippen molar-refractivity contribution in [1.29, 1.82) is 0 Å². The van der Waals surface area contributed by atoms with E-state index in [4.69, 9.17) is 9.47 Å². The van der Waals surface area contributed by atoms with Crippen molar-refractivity contribution in [3.63, 3.8) is 0 Å². The smallest absolute Gasteiger partial charge is 0.306 e. The fourth-order valence-electron chi connectivity index (χ4n) is 3.75. The Bertz CT molecular complexity index is 654. The maximum absolute atomic E-state index is 12.1. The lowest BCUT2D eigenvalue weighted by Crippen LogP contribution is -2.25. The van der Waals surface area contributed by atoms with Crippen molar-refractivity contribution in [3.8, 4) is 5.75 Å². The van der Waals surface area contributed by atoms with Gasteiger partial charge in [0, 0.05) is 18.8 Å². The molecule has 0 aromatic heterocycles. The highest BCUT2D eigenvalue weighted by atomic mass is 16.6. The molecule has 0 bridgehead atoms. The summed E-state index contributed by atoms with van der Waals surface area (Å²) in [5.41, 5.74) is 0. The molecular formula is C22H28O5. The van der Waals surface area contributed by atoms with Crippen LogP contribution in [0.4, 0.5) is 0 Å². The first kappa shape index (κ1) is 19.6. The summed E-state index contributed by atoms with van der Waals surface area (Å²) in [6.07, 6.45) is 9.09. The van der Waals surface area contributed by atoms with Gasteiger partial charge in [0.15, 0.2) is 6.10 Å². The van der Waals surface area contributed by atoms with E-state index in [0.717, 1.165) is 12.8 Å². The number of fused-ring (bicyclic) bond motifs is 1. The summed E-state index contributed by atoms with van der Waals surface area (Å²) in [6.45, 7) is 0.209. The van der Waals surface area contributed by atoms with Gasteiger partial charge in [-0.15, -0.1) is 0 Å². The topological polar surface area (TPSA) is 76.0 Å². The van der Waals surface area contributed by atoms with Gasteiger partial charge >= 0.3 is 5.97 Å². The minimum atomic E-state index is -0.592. The van der Waals surface area contributed by atoms with Crippen LogP contribution in [-0.2, 0) is 9.53 Å². The first-order valence-corrected chi connectivity index (χ1v) is 9.70. The lowest BCUT2D eigenvalue weighted by Gasteiger charge is -2.20. The van der Waals surface area contributed by atoms with E-state index in [1.54, 1.807) is 6.08 Å². The molecule has 1 aliphatic carbocycles. The van der Waals surface area contributed by atoms with Crippen molar-refractivity contribution in [2.24, 2.45) is 11.8 Å². The van der Waals surface area contributed by atoms with Crippen molar-refractivity contribution in [1.82, 2.24) is 0 Å². The second-order valence-corrected chi connectivity index (χ2v) is 7.25. The van der Waals surface area contributed by atoms with Gasteiger partial charge in [0.25, 0.3) is 0 Å². The molecule has 3 rings (SSSR count). The van der Waals surface area contributed by atoms with Crippen LogP contribution < -0.4 is 4.74 Å². The van der Waals surface area contributed by atoms with Gasteiger partial charge in [0.1, 0.15) is 12.4 Å². The fourth-order valence-corrected chi connectivity index (χ4v) is 3.75. The summed E-state index contributed by atoms with van der Waals surface area (Å²) in [6, 6.07) is 9.38. The molecule has 146 valence electrons. The quantitative estimate of drug-likeness (QED) is 0.630. The van der Waals surface area contributed by atoms with E-state index in [1.165, 1.54) is 0 Å². The SMILES string of the molecule is O=C1CCC/C=C\C[C@@H]2C(/C=C\[C@@H](COc3ccccc3)O1)[C@H](O)C[C@@H]2O. The second kappa shape index (κ2) is 9.72. The second-order valence-electron chi connectivity index (χ2n) is 7.25. The first-order valence-electron chi connectivity index (χ1n) is 9.70. The molecule has 1 aromatic rings. The van der Waals surface area contributed by atoms with E-state index in [1.807, 2.05) is 48.6 Å². The summed E-state index contributed by atoms with van der Waals surface area (Å²) in [4.78, 5) is 12.1. The number of benzene rings is 1. The number of hydrogen-bond acceptors (Lipinski definition) is 5. The molecule has 1 fully saturated rings. The van der Waals surface area contributed by atoms with Crippen LogP contribution in [0, 0.1) is 11.8 Å². The van der Waals surface area contributed by atoms with Gasteiger partial charge in [-0.25, -0.2) is 0 Å². The number of para-hydroxylation sites is 1. The molecule has 5 atom stereocenters. The van der Waals surface area contributed by atoms with E-state index in [-0.39, 0.29) is 24.4 Å². The predicted octanol–water partition coefficient (Wildman–Crippen LogP) is 3.02. The number of ether oxygens (including phenoxy) is 2. The van der Waals surface area contributed by atoms with Crippen LogP contribution in [0.15, 0.2) is 54.6 Å². The van der Waals surface area contributed by atoms with E-state index in [0.29, 0.717) is 25.0 Å². The number of aliphatic hydroxyl groups is 2. The Balaban J connectivity index is 1.73. The number of allylic oxidation sites excluding steroid dienone is 2. The molecule has 0 saturated heterocycles. The number of carbonyl (C=O) groups is 1. The summed E-state index contributed by atoms with van der Waals surface area (Å²) < 4.78 is 11.3. The van der Waals surface area contributed by atoms with Crippen molar-refractivity contribution < 1.29 is 24.5 Å². The predicted molar refractivity (Wildman–Crippen MR) is 102 cm³/mol. The summed E-state index contributed by atoms with van der Waals surface area (Å²) >= 11 is 0. The minimum Gasteiger partial charge on any atom is -0.489 e. The van der Waals surface area contributed by atoms with Gasteiger partial charge in [-0.3, -0.25) is 4.79 Å². The minimum absolute atomic E-state index is 0.0281. The summed E-state index contributed by atoms with van der Waals surface area (Å²) in [7, 11) is 0. The average Bonchev–Trinajstić information content (AvgIpc) is 2.94. The maximum atomic E-state index is 12.1. The molecule has 2 N–H and O–H groups in total. The summed E-state index contributed by atoms with van der Waals surface area (Å²) in [5.74, 6) is 0.267. The molecule has 0 amide bonds. The number of rotatable bonds is 3. The number of esters is 1. The number of aliphatic hydroxyl groups excluding tert-OH is 2. The Morgan fingerprint density at radius 3 is 2.70 bits per heavy atom. The molecule has 27 heavy (non-hydrogen) atoms. The van der Waals surface area contributed by atoms with E-state index in [2.05, 4.69) is 0 Å². The van der Waals surface area contributed by atoms with Crippen molar-refractivity contribution >= 4 is 5.97 Å². The van der Waals surface area contributed by atoms with Gasteiger partial charge in [-0.2, -0.15) is 0 Å². The Morgan fingerprint density at radius 1 is 1.07 bits per heavy atom. The van der Waals surface area contributed by atoms with Crippen LogP contribution in [0.5, 0.6) is 5.75 Å². The Hall–Kier alpha value is -2.11. The average molecular weight is 372 g/mol. The van der Waals surface area contributed by atoms with Crippen LogP contribution in [0.25, 0.3) is 0 Å². The third-order valence-corrected chi connectivity index (χ3v) is 5.23. The monoisotopic (exact) mass is 372 g/mol. The van der Waals surface area contributed by atoms with E-state index in [9.17, 15) is 15.0 Å². The molecule has 1 unspecified atom stereocenters. The maximum Gasteiger partial charge on any atom is 0.306 e. The third kappa shape index (κ3) is 5.68. The highest BCUT2D eigenvalue weighted by molar-refractivity contribution is 5.69. The number of cyclic esters (lactones) is 1. The normalized spacial score (nSPS) is 34.3. The van der Waals surface area contributed by atoms with Crippen LogP contribution >= 0.6 is 0 Å². The molecule has 0 radical (unpaired) electrons. The van der Waals surface area contributed by atoms with Gasteiger partial charge in [0.2, 0.25) is 0 Å². The Kier molecular flexibility index (Phi) is 7.07. The molecular weight excluding hydrogens is 344 g/mol. The Morgan fingerprint density at radius 2 is 1.89 bits per heavy atom. The largest absolute Gasteiger partial charge is 0.489 e. The zero-order chi connectivity index (χ0) is 19.1. The fraction of sp³-hybridized carbons (Fsp3) is 0.500. The standard InChI is InChI=1S/C22H28O5/c23-20-14-21(24)19-13-12-17(15-26-16-8-4-3-5-9-16)27-22(25)11-7-2-1-6-10-18(19)20/h1,3-6,8-9,12-13,17-21,23-24H,2,7,10-11,14-15H2/b6-1-,13-12-/t17-,18+,19?,20-,21+/m0/s1. The van der Waals surface area contributed by atoms with Crippen LogP contribution in [0.3, 0.4) is 0 Å². The lowest BCUT2D eigenvalue weighted by molar-refractivity contribution is -0.148.